The first-order valence-electron chi connectivity index (χ1n) is 7.83. The maximum Gasteiger partial charge on any atom is 0.416 e. The lowest BCUT2D eigenvalue weighted by Crippen LogP contribution is -2.22. The summed E-state index contributed by atoms with van der Waals surface area (Å²) < 4.78 is 44.7. The number of anilines is 2. The van der Waals surface area contributed by atoms with Gasteiger partial charge in [0, 0.05) is 10.2 Å². The Labute approximate surface area is 161 Å². The van der Waals surface area contributed by atoms with Crippen molar-refractivity contribution in [1.29, 1.82) is 0 Å². The van der Waals surface area contributed by atoms with Gasteiger partial charge in [-0.05, 0) is 42.8 Å². The van der Waals surface area contributed by atoms with Crippen molar-refractivity contribution in [2.45, 2.75) is 19.2 Å². The number of carbonyl (C=O) groups is 1. The first kappa shape index (κ1) is 21.2. The molecule has 9 heteroatoms. The number of hydrogen-bond acceptors (Lipinski definition) is 5. The SMILES string of the molecule is Cc1c(Nc2ccc(Br)cc2C(=O)OCC(O)CO)cccc1C(F)(F)F. The number of carbonyl (C=O) groups excluding carboxylic acids is 1. The Kier molecular flexibility index (Phi) is 6.85. The van der Waals surface area contributed by atoms with Crippen molar-refractivity contribution in [3.8, 4) is 0 Å². The van der Waals surface area contributed by atoms with Crippen LogP contribution in [0.3, 0.4) is 0 Å². The van der Waals surface area contributed by atoms with Gasteiger partial charge in [-0.15, -0.1) is 0 Å². The number of ether oxygens (including phenoxy) is 1. The fourth-order valence-corrected chi connectivity index (χ4v) is 2.68. The molecular formula is C18H17BrF3NO4. The number of aliphatic hydroxyl groups excluding tert-OH is 2. The lowest BCUT2D eigenvalue weighted by Gasteiger charge is -2.17. The molecule has 2 rings (SSSR count). The van der Waals surface area contributed by atoms with Crippen molar-refractivity contribution >= 4 is 33.3 Å². The highest BCUT2D eigenvalue weighted by Gasteiger charge is 2.33. The number of esters is 1. The third kappa shape index (κ3) is 5.44. The molecule has 1 atom stereocenters. The summed E-state index contributed by atoms with van der Waals surface area (Å²) in [6.07, 6.45) is -5.72. The van der Waals surface area contributed by atoms with Gasteiger partial charge in [0.25, 0.3) is 0 Å². The number of alkyl halides is 3. The average Bonchev–Trinajstić information content (AvgIpc) is 2.61. The van der Waals surface area contributed by atoms with E-state index in [1.165, 1.54) is 31.2 Å². The molecule has 5 nitrogen and oxygen atoms in total. The largest absolute Gasteiger partial charge is 0.459 e. The molecule has 2 aromatic carbocycles. The molecular weight excluding hydrogens is 431 g/mol. The van der Waals surface area contributed by atoms with Crippen LogP contribution in [0, 0.1) is 6.92 Å². The molecule has 0 bridgehead atoms. The van der Waals surface area contributed by atoms with E-state index in [1.807, 2.05) is 0 Å². The van der Waals surface area contributed by atoms with Gasteiger partial charge >= 0.3 is 12.1 Å². The second-order valence-corrected chi connectivity index (χ2v) is 6.64. The van der Waals surface area contributed by atoms with E-state index in [1.54, 1.807) is 6.07 Å². The molecule has 0 saturated carbocycles. The van der Waals surface area contributed by atoms with Crippen molar-refractivity contribution in [2.75, 3.05) is 18.5 Å². The minimum Gasteiger partial charge on any atom is -0.459 e. The lowest BCUT2D eigenvalue weighted by atomic mass is 10.1. The Bertz CT molecular complexity index is 827. The van der Waals surface area contributed by atoms with Gasteiger partial charge in [0.05, 0.1) is 23.4 Å². The molecule has 0 radical (unpaired) electrons. The summed E-state index contributed by atoms with van der Waals surface area (Å²) in [5.41, 5.74) is -0.297. The molecule has 0 aliphatic carbocycles. The molecule has 0 fully saturated rings. The van der Waals surface area contributed by atoms with E-state index in [4.69, 9.17) is 9.84 Å². The van der Waals surface area contributed by atoms with E-state index in [-0.39, 0.29) is 22.5 Å². The zero-order chi connectivity index (χ0) is 20.2. The normalized spacial score (nSPS) is 12.6. The van der Waals surface area contributed by atoms with Crippen molar-refractivity contribution in [1.82, 2.24) is 0 Å². The first-order chi connectivity index (χ1) is 12.6. The van der Waals surface area contributed by atoms with Crippen LogP contribution in [0.2, 0.25) is 0 Å². The van der Waals surface area contributed by atoms with E-state index in [2.05, 4.69) is 21.2 Å². The smallest absolute Gasteiger partial charge is 0.416 e. The van der Waals surface area contributed by atoms with E-state index in [9.17, 15) is 23.1 Å². The second-order valence-electron chi connectivity index (χ2n) is 5.73. The molecule has 0 saturated heterocycles. The summed E-state index contributed by atoms with van der Waals surface area (Å²) >= 11 is 3.22. The van der Waals surface area contributed by atoms with Crippen molar-refractivity contribution in [3.05, 3.63) is 57.6 Å². The van der Waals surface area contributed by atoms with Crippen LogP contribution in [-0.2, 0) is 10.9 Å². The standard InChI is InChI=1S/C18H17BrF3NO4/c1-10-14(18(20,21)22)3-2-4-15(10)23-16-6-5-11(19)7-13(16)17(26)27-9-12(25)8-24/h2-7,12,23-25H,8-9H2,1H3. The molecule has 1 unspecified atom stereocenters. The minimum atomic E-state index is -4.50. The molecule has 3 N–H and O–H groups in total. The van der Waals surface area contributed by atoms with Gasteiger partial charge in [-0.3, -0.25) is 0 Å². The van der Waals surface area contributed by atoms with E-state index in [0.29, 0.717) is 4.47 Å². The molecule has 0 heterocycles. The van der Waals surface area contributed by atoms with Crippen LogP contribution in [-0.4, -0.2) is 35.5 Å². The van der Waals surface area contributed by atoms with Crippen LogP contribution >= 0.6 is 15.9 Å². The van der Waals surface area contributed by atoms with Crippen LogP contribution in [0.4, 0.5) is 24.5 Å². The first-order valence-corrected chi connectivity index (χ1v) is 8.62. The highest BCUT2D eigenvalue weighted by molar-refractivity contribution is 9.10. The third-order valence-corrected chi connectivity index (χ3v) is 4.22. The van der Waals surface area contributed by atoms with E-state index >= 15 is 0 Å². The maximum absolute atomic E-state index is 13.1. The highest BCUT2D eigenvalue weighted by atomic mass is 79.9. The summed E-state index contributed by atoms with van der Waals surface area (Å²) in [5.74, 6) is -0.795. The van der Waals surface area contributed by atoms with Crippen LogP contribution in [0.1, 0.15) is 21.5 Å². The fraction of sp³-hybridized carbons (Fsp3) is 0.278. The Morgan fingerprint density at radius 3 is 2.59 bits per heavy atom. The van der Waals surface area contributed by atoms with Gasteiger partial charge in [-0.25, -0.2) is 4.79 Å². The highest BCUT2D eigenvalue weighted by Crippen LogP contribution is 2.36. The van der Waals surface area contributed by atoms with Gasteiger partial charge < -0.3 is 20.3 Å². The van der Waals surface area contributed by atoms with Gasteiger partial charge in [-0.2, -0.15) is 13.2 Å². The monoisotopic (exact) mass is 447 g/mol. The van der Waals surface area contributed by atoms with Crippen LogP contribution in [0.25, 0.3) is 0 Å². The molecule has 0 amide bonds. The van der Waals surface area contributed by atoms with E-state index < -0.39 is 37.0 Å². The fourth-order valence-electron chi connectivity index (χ4n) is 2.32. The Balaban J connectivity index is 2.34. The number of hydrogen-bond donors (Lipinski definition) is 3. The van der Waals surface area contributed by atoms with Gasteiger partial charge in [-0.1, -0.05) is 22.0 Å². The summed E-state index contributed by atoms with van der Waals surface area (Å²) in [6, 6.07) is 8.30. The summed E-state index contributed by atoms with van der Waals surface area (Å²) in [5, 5.41) is 20.9. The molecule has 146 valence electrons. The summed E-state index contributed by atoms with van der Waals surface area (Å²) in [6.45, 7) is 0.351. The predicted molar refractivity (Wildman–Crippen MR) is 97.0 cm³/mol. The number of aliphatic hydroxyl groups is 2. The number of halogens is 4. The van der Waals surface area contributed by atoms with Gasteiger partial charge in [0.15, 0.2) is 0 Å². The molecule has 27 heavy (non-hydrogen) atoms. The number of nitrogens with one attached hydrogen (secondary N) is 1. The van der Waals surface area contributed by atoms with Crippen LogP contribution in [0.15, 0.2) is 40.9 Å². The van der Waals surface area contributed by atoms with Crippen molar-refractivity contribution < 1.29 is 32.9 Å². The molecule has 0 spiro atoms. The second kappa shape index (κ2) is 8.73. The summed E-state index contributed by atoms with van der Waals surface area (Å²) in [4.78, 5) is 12.3. The Hall–Kier alpha value is -2.10. The quantitative estimate of drug-likeness (QED) is 0.582. The lowest BCUT2D eigenvalue weighted by molar-refractivity contribution is -0.138. The molecule has 2 aromatic rings. The molecule has 0 aliphatic rings. The zero-order valence-corrected chi connectivity index (χ0v) is 15.8. The van der Waals surface area contributed by atoms with Crippen LogP contribution < -0.4 is 5.32 Å². The topological polar surface area (TPSA) is 78.8 Å². The Morgan fingerprint density at radius 1 is 1.26 bits per heavy atom. The average molecular weight is 448 g/mol. The predicted octanol–water partition coefficient (Wildman–Crippen LogP) is 4.03. The van der Waals surface area contributed by atoms with Crippen molar-refractivity contribution in [3.63, 3.8) is 0 Å². The maximum atomic E-state index is 13.1. The minimum absolute atomic E-state index is 0.0112. The van der Waals surface area contributed by atoms with Gasteiger partial charge in [0.1, 0.15) is 12.7 Å². The summed E-state index contributed by atoms with van der Waals surface area (Å²) in [7, 11) is 0. The number of rotatable bonds is 6. The van der Waals surface area contributed by atoms with Crippen LogP contribution in [0.5, 0.6) is 0 Å². The molecule has 0 aliphatic heterocycles. The van der Waals surface area contributed by atoms with Crippen molar-refractivity contribution in [2.24, 2.45) is 0 Å². The third-order valence-electron chi connectivity index (χ3n) is 3.73. The number of benzene rings is 2. The van der Waals surface area contributed by atoms with Gasteiger partial charge in [0.2, 0.25) is 0 Å². The van der Waals surface area contributed by atoms with E-state index in [0.717, 1.165) is 6.07 Å². The zero-order valence-electron chi connectivity index (χ0n) is 14.2. The Morgan fingerprint density at radius 2 is 1.96 bits per heavy atom. The molecule has 0 aromatic heterocycles.